The van der Waals surface area contributed by atoms with Gasteiger partial charge in [0.1, 0.15) is 11.4 Å². The van der Waals surface area contributed by atoms with Gasteiger partial charge in [-0.25, -0.2) is 24.0 Å². The average molecular weight is 650 g/mol. The number of nitrogens with zero attached hydrogens (tertiary/aromatic N) is 7. The van der Waals surface area contributed by atoms with E-state index in [1.807, 2.05) is 36.9 Å². The first-order chi connectivity index (χ1) is 22.9. The van der Waals surface area contributed by atoms with Gasteiger partial charge in [0.2, 0.25) is 5.91 Å². The zero-order valence-electron chi connectivity index (χ0n) is 27.7. The number of fused-ring (bicyclic) bond motifs is 1. The fourth-order valence-corrected chi connectivity index (χ4v) is 6.60. The van der Waals surface area contributed by atoms with E-state index < -0.39 is 23.2 Å². The number of nitrogen functional groups attached to an aromatic ring is 1. The molecule has 48 heavy (non-hydrogen) atoms. The molecule has 13 heteroatoms. The number of hydrogen-bond donors (Lipinski definition) is 2. The molecule has 1 aliphatic heterocycles. The van der Waals surface area contributed by atoms with Crippen LogP contribution in [0.15, 0.2) is 64.3 Å². The topological polar surface area (TPSA) is 177 Å². The molecule has 0 saturated carbocycles. The second kappa shape index (κ2) is 12.5. The van der Waals surface area contributed by atoms with E-state index in [2.05, 4.69) is 10.1 Å². The number of piperidine rings is 1. The molecular formula is C35H39N9O4. The first-order valence-electron chi connectivity index (χ1n) is 16.0. The maximum absolute atomic E-state index is 13.8. The van der Waals surface area contributed by atoms with E-state index in [1.54, 1.807) is 49.8 Å². The SMILES string of the molecule is CC(C)C(=O)N1CCC(c2cc(-c3ccc(-c4c(C(N)=O)c(=O)n(-c5ccccn5)c(=O)n4C(C)C)cc3)c3c(N)nn(C)c3n2)CC1. The van der Waals surface area contributed by atoms with Crippen LogP contribution in [0.1, 0.15) is 68.5 Å². The number of nitrogens with two attached hydrogens (primary N) is 2. The molecule has 1 saturated heterocycles. The van der Waals surface area contributed by atoms with Crippen LogP contribution in [0.25, 0.3) is 39.2 Å². The van der Waals surface area contributed by atoms with E-state index in [0.29, 0.717) is 35.5 Å². The van der Waals surface area contributed by atoms with Crippen molar-refractivity contribution in [3.8, 4) is 28.2 Å². The summed E-state index contributed by atoms with van der Waals surface area (Å²) >= 11 is 0. The van der Waals surface area contributed by atoms with Crippen LogP contribution in [-0.4, -0.2) is 58.7 Å². The smallest absolute Gasteiger partial charge is 0.337 e. The van der Waals surface area contributed by atoms with Gasteiger partial charge in [0, 0.05) is 49.9 Å². The van der Waals surface area contributed by atoms with Crippen molar-refractivity contribution in [1.29, 1.82) is 0 Å². The second-order valence-electron chi connectivity index (χ2n) is 12.8. The Kier molecular flexibility index (Phi) is 8.46. The van der Waals surface area contributed by atoms with Gasteiger partial charge in [-0.15, -0.1) is 0 Å². The average Bonchev–Trinajstić information content (AvgIpc) is 3.36. The Bertz CT molecular complexity index is 2160. The minimum Gasteiger partial charge on any atom is -0.382 e. The molecular weight excluding hydrogens is 610 g/mol. The van der Waals surface area contributed by atoms with E-state index in [1.165, 1.54) is 16.8 Å². The third kappa shape index (κ3) is 5.54. The Hall–Kier alpha value is -5.59. The Morgan fingerprint density at radius 3 is 2.21 bits per heavy atom. The molecule has 0 unspecified atom stereocenters. The van der Waals surface area contributed by atoms with Crippen molar-refractivity contribution >= 4 is 28.7 Å². The van der Waals surface area contributed by atoms with Gasteiger partial charge in [0.25, 0.3) is 11.5 Å². The largest absolute Gasteiger partial charge is 0.382 e. The molecule has 5 heterocycles. The third-order valence-corrected chi connectivity index (χ3v) is 8.96. The standard InChI is InChI=1S/C35H39N9O4/c1-19(2)33(46)42-16-13-22(14-17-42)25-18-24(27-30(36)40-41(5)32(27)39-25)21-9-11-23(12-10-21)29-28(31(37)45)34(47)44(26-8-6-7-15-38-26)35(48)43(29)20(3)4/h6-12,15,18-20,22H,13-14,16-17H2,1-5H3,(H2,36,40)(H2,37,45). The van der Waals surface area contributed by atoms with Crippen LogP contribution in [0.3, 0.4) is 0 Å². The van der Waals surface area contributed by atoms with Crippen LogP contribution in [0.4, 0.5) is 5.82 Å². The molecule has 1 aliphatic rings. The number of rotatable bonds is 7. The molecule has 4 N–H and O–H groups in total. The highest BCUT2D eigenvalue weighted by molar-refractivity contribution is 6.01. The third-order valence-electron chi connectivity index (χ3n) is 8.96. The first kappa shape index (κ1) is 32.4. The van der Waals surface area contributed by atoms with Gasteiger partial charge < -0.3 is 16.4 Å². The molecule has 1 aromatic carbocycles. The Balaban J connectivity index is 1.46. The number of likely N-dealkylation sites (tertiary alicyclic amines) is 1. The van der Waals surface area contributed by atoms with Crippen molar-refractivity contribution in [2.75, 3.05) is 18.8 Å². The van der Waals surface area contributed by atoms with Crippen molar-refractivity contribution in [2.45, 2.75) is 52.5 Å². The van der Waals surface area contributed by atoms with Gasteiger partial charge in [0.15, 0.2) is 11.5 Å². The molecule has 0 aliphatic carbocycles. The highest BCUT2D eigenvalue weighted by Crippen LogP contribution is 2.37. The van der Waals surface area contributed by atoms with Crippen molar-refractivity contribution < 1.29 is 9.59 Å². The summed E-state index contributed by atoms with van der Waals surface area (Å²) in [7, 11) is 1.80. The van der Waals surface area contributed by atoms with E-state index >= 15 is 0 Å². The predicted octanol–water partition coefficient (Wildman–Crippen LogP) is 3.63. The fourth-order valence-electron chi connectivity index (χ4n) is 6.60. The molecule has 0 atom stereocenters. The van der Waals surface area contributed by atoms with Gasteiger partial charge in [-0.3, -0.25) is 19.0 Å². The van der Waals surface area contributed by atoms with Gasteiger partial charge in [-0.05, 0) is 61.6 Å². The Labute approximate surface area is 276 Å². The number of aryl methyl sites for hydroxylation is 1. The number of primary amides is 1. The van der Waals surface area contributed by atoms with Crippen molar-refractivity contribution in [1.82, 2.24) is 33.8 Å². The molecule has 6 rings (SSSR count). The second-order valence-corrected chi connectivity index (χ2v) is 12.8. The molecule has 13 nitrogen and oxygen atoms in total. The highest BCUT2D eigenvalue weighted by Gasteiger charge is 2.29. The summed E-state index contributed by atoms with van der Waals surface area (Å²) in [4.78, 5) is 64.1. The summed E-state index contributed by atoms with van der Waals surface area (Å²) in [5.41, 5.74) is 14.2. The van der Waals surface area contributed by atoms with Gasteiger partial charge in [-0.1, -0.05) is 44.2 Å². The fraction of sp³-hybridized carbons (Fsp3) is 0.343. The van der Waals surface area contributed by atoms with Gasteiger partial charge >= 0.3 is 5.69 Å². The number of carbonyl (C=O) groups is 2. The van der Waals surface area contributed by atoms with Crippen molar-refractivity contribution in [3.63, 3.8) is 0 Å². The summed E-state index contributed by atoms with van der Waals surface area (Å²) in [6.45, 7) is 8.75. The number of aromatic nitrogens is 6. The number of carbonyl (C=O) groups excluding carboxylic acids is 2. The van der Waals surface area contributed by atoms with Crippen LogP contribution in [0.2, 0.25) is 0 Å². The van der Waals surface area contributed by atoms with Gasteiger partial charge in [0.05, 0.1) is 11.1 Å². The Morgan fingerprint density at radius 2 is 1.62 bits per heavy atom. The monoisotopic (exact) mass is 649 g/mol. The molecule has 1 fully saturated rings. The lowest BCUT2D eigenvalue weighted by atomic mass is 9.90. The highest BCUT2D eigenvalue weighted by atomic mass is 16.2. The maximum Gasteiger partial charge on any atom is 0.337 e. The van der Waals surface area contributed by atoms with Crippen LogP contribution in [0.5, 0.6) is 0 Å². The van der Waals surface area contributed by atoms with E-state index in [-0.39, 0.29) is 34.8 Å². The summed E-state index contributed by atoms with van der Waals surface area (Å²) in [5.74, 6) is -0.267. The number of pyridine rings is 2. The van der Waals surface area contributed by atoms with Gasteiger partial charge in [-0.2, -0.15) is 5.10 Å². The van der Waals surface area contributed by atoms with E-state index in [0.717, 1.165) is 34.2 Å². The molecule has 4 aromatic heterocycles. The zero-order chi connectivity index (χ0) is 34.4. The number of anilines is 1. The zero-order valence-corrected chi connectivity index (χ0v) is 27.7. The molecule has 248 valence electrons. The van der Waals surface area contributed by atoms with Crippen molar-refractivity contribution in [3.05, 3.63) is 86.8 Å². The molecule has 0 bridgehead atoms. The number of benzene rings is 1. The summed E-state index contributed by atoms with van der Waals surface area (Å²) in [6.07, 6.45) is 3.04. The minimum atomic E-state index is -0.956. The lowest BCUT2D eigenvalue weighted by molar-refractivity contribution is -0.135. The lowest BCUT2D eigenvalue weighted by Crippen LogP contribution is -2.44. The maximum atomic E-state index is 13.8. The number of amides is 2. The Morgan fingerprint density at radius 1 is 0.958 bits per heavy atom. The van der Waals surface area contributed by atoms with Crippen LogP contribution in [-0.2, 0) is 11.8 Å². The summed E-state index contributed by atoms with van der Waals surface area (Å²) < 4.78 is 3.94. The quantitative estimate of drug-likeness (QED) is 0.268. The van der Waals surface area contributed by atoms with E-state index in [9.17, 15) is 19.2 Å². The molecule has 0 spiro atoms. The van der Waals surface area contributed by atoms with Crippen LogP contribution < -0.4 is 22.7 Å². The minimum absolute atomic E-state index is 0.0462. The lowest BCUT2D eigenvalue weighted by Gasteiger charge is -2.33. The first-order valence-corrected chi connectivity index (χ1v) is 16.0. The van der Waals surface area contributed by atoms with Crippen LogP contribution >= 0.6 is 0 Å². The van der Waals surface area contributed by atoms with E-state index in [4.69, 9.17) is 16.5 Å². The summed E-state index contributed by atoms with van der Waals surface area (Å²) in [6, 6.07) is 13.7. The predicted molar refractivity (Wildman–Crippen MR) is 184 cm³/mol. The molecule has 2 amide bonds. The number of hydrogen-bond acceptors (Lipinski definition) is 8. The normalized spacial score (nSPS) is 13.9. The molecule has 0 radical (unpaired) electrons. The van der Waals surface area contributed by atoms with Crippen LogP contribution in [0, 0.1) is 5.92 Å². The molecule has 5 aromatic rings. The summed E-state index contributed by atoms with van der Waals surface area (Å²) in [5, 5.41) is 5.15. The van der Waals surface area contributed by atoms with Crippen molar-refractivity contribution in [2.24, 2.45) is 18.7 Å².